The van der Waals surface area contributed by atoms with Gasteiger partial charge in [0.25, 0.3) is 0 Å². The fourth-order valence-corrected chi connectivity index (χ4v) is 1.83. The fraction of sp³-hybridized carbons (Fsp3) is 0.0909. The highest BCUT2D eigenvalue weighted by Gasteiger charge is 2.05. The molecule has 6 heteroatoms. The lowest BCUT2D eigenvalue weighted by Crippen LogP contribution is -1.97. The summed E-state index contributed by atoms with van der Waals surface area (Å²) < 4.78 is 6.19. The first kappa shape index (κ1) is 12.1. The number of ether oxygens (including phenoxy) is 1. The van der Waals surface area contributed by atoms with Gasteiger partial charge in [-0.05, 0) is 18.2 Å². The third-order valence-corrected chi connectivity index (χ3v) is 2.76. The van der Waals surface area contributed by atoms with E-state index in [1.165, 1.54) is 6.33 Å². The van der Waals surface area contributed by atoms with E-state index in [1.807, 2.05) is 18.2 Å². The zero-order valence-electron chi connectivity index (χ0n) is 8.95. The fourth-order valence-electron chi connectivity index (χ4n) is 1.32. The Morgan fingerprint density at radius 2 is 2.12 bits per heavy atom. The van der Waals surface area contributed by atoms with Gasteiger partial charge in [0.15, 0.2) is 0 Å². The summed E-state index contributed by atoms with van der Waals surface area (Å²) >= 11 is 9.18. The second kappa shape index (κ2) is 5.33. The highest BCUT2D eigenvalue weighted by molar-refractivity contribution is 9.10. The van der Waals surface area contributed by atoms with Crippen LogP contribution in [0.4, 0.5) is 11.5 Å². The van der Waals surface area contributed by atoms with Crippen LogP contribution < -0.4 is 10.1 Å². The molecule has 0 amide bonds. The summed E-state index contributed by atoms with van der Waals surface area (Å²) in [6.45, 7) is 0. The van der Waals surface area contributed by atoms with Crippen LogP contribution in [-0.4, -0.2) is 17.1 Å². The molecule has 0 atom stereocenters. The molecule has 1 N–H and O–H groups in total. The molecule has 1 aromatic carbocycles. The quantitative estimate of drug-likeness (QED) is 0.879. The summed E-state index contributed by atoms with van der Waals surface area (Å²) in [5.41, 5.74) is 0.802. The van der Waals surface area contributed by atoms with Crippen LogP contribution in [0.15, 0.2) is 35.1 Å². The number of nitrogens with zero attached hydrogens (tertiary/aromatic N) is 2. The Morgan fingerprint density at radius 3 is 2.82 bits per heavy atom. The Hall–Kier alpha value is -1.33. The smallest absolute Gasteiger partial charge is 0.142 e. The minimum absolute atomic E-state index is 0.386. The molecule has 1 heterocycles. The average Bonchev–Trinajstić information content (AvgIpc) is 2.29. The van der Waals surface area contributed by atoms with Gasteiger partial charge < -0.3 is 10.1 Å². The number of aromatic nitrogens is 2. The number of methoxy groups -OCH3 is 1. The van der Waals surface area contributed by atoms with E-state index in [0.29, 0.717) is 11.0 Å². The SMILES string of the molecule is COc1ccc(Br)cc1Nc1cc(Cl)ncn1. The minimum atomic E-state index is 0.386. The molecule has 0 unspecified atom stereocenters. The van der Waals surface area contributed by atoms with E-state index in [1.54, 1.807) is 13.2 Å². The summed E-state index contributed by atoms with van der Waals surface area (Å²) in [5, 5.41) is 3.50. The van der Waals surface area contributed by atoms with Gasteiger partial charge in [-0.3, -0.25) is 0 Å². The Labute approximate surface area is 112 Å². The standard InChI is InChI=1S/C11H9BrClN3O/c1-17-9-3-2-7(12)4-8(9)16-11-5-10(13)14-6-15-11/h2-6H,1H3,(H,14,15,16). The number of anilines is 2. The molecule has 0 fully saturated rings. The molecule has 0 saturated heterocycles. The highest BCUT2D eigenvalue weighted by Crippen LogP contribution is 2.30. The molecule has 0 saturated carbocycles. The van der Waals surface area contributed by atoms with Gasteiger partial charge in [-0.2, -0.15) is 0 Å². The topological polar surface area (TPSA) is 47.0 Å². The van der Waals surface area contributed by atoms with Gasteiger partial charge in [-0.1, -0.05) is 27.5 Å². The lowest BCUT2D eigenvalue weighted by Gasteiger charge is -2.10. The van der Waals surface area contributed by atoms with Gasteiger partial charge >= 0.3 is 0 Å². The Morgan fingerprint density at radius 1 is 1.29 bits per heavy atom. The van der Waals surface area contributed by atoms with Crippen LogP contribution in [0.25, 0.3) is 0 Å². The number of hydrogen-bond acceptors (Lipinski definition) is 4. The van der Waals surface area contributed by atoms with Crippen LogP contribution in [0, 0.1) is 0 Å². The summed E-state index contributed by atoms with van der Waals surface area (Å²) in [6.07, 6.45) is 1.40. The Bertz CT molecular complexity index is 536. The first-order chi connectivity index (χ1) is 8.19. The monoisotopic (exact) mass is 313 g/mol. The maximum absolute atomic E-state index is 5.78. The molecule has 0 spiro atoms. The number of rotatable bonds is 3. The number of benzene rings is 1. The first-order valence-electron chi connectivity index (χ1n) is 4.77. The van der Waals surface area contributed by atoms with Crippen LogP contribution in [0.1, 0.15) is 0 Å². The molecular formula is C11H9BrClN3O. The molecule has 0 radical (unpaired) electrons. The van der Waals surface area contributed by atoms with Gasteiger partial charge in [-0.15, -0.1) is 0 Å². The van der Waals surface area contributed by atoms with Crippen molar-refractivity contribution in [3.8, 4) is 5.75 Å². The van der Waals surface area contributed by atoms with Crippen molar-refractivity contribution in [2.75, 3.05) is 12.4 Å². The Kier molecular flexibility index (Phi) is 3.81. The number of halogens is 2. The molecule has 0 aliphatic carbocycles. The van der Waals surface area contributed by atoms with Crippen molar-refractivity contribution in [1.82, 2.24) is 9.97 Å². The van der Waals surface area contributed by atoms with E-state index in [2.05, 4.69) is 31.2 Å². The molecule has 0 bridgehead atoms. The van der Waals surface area contributed by atoms with Gasteiger partial charge in [-0.25, -0.2) is 9.97 Å². The van der Waals surface area contributed by atoms with Crippen molar-refractivity contribution in [2.24, 2.45) is 0 Å². The van der Waals surface area contributed by atoms with E-state index >= 15 is 0 Å². The second-order valence-electron chi connectivity index (χ2n) is 3.20. The second-order valence-corrected chi connectivity index (χ2v) is 4.50. The van der Waals surface area contributed by atoms with Crippen LogP contribution >= 0.6 is 27.5 Å². The number of hydrogen-bond donors (Lipinski definition) is 1. The van der Waals surface area contributed by atoms with Crippen molar-refractivity contribution < 1.29 is 4.74 Å². The van der Waals surface area contributed by atoms with E-state index in [9.17, 15) is 0 Å². The van der Waals surface area contributed by atoms with Crippen molar-refractivity contribution in [3.63, 3.8) is 0 Å². The third-order valence-electron chi connectivity index (χ3n) is 2.06. The molecule has 88 valence electrons. The van der Waals surface area contributed by atoms with Crippen LogP contribution in [0.5, 0.6) is 5.75 Å². The maximum Gasteiger partial charge on any atom is 0.142 e. The largest absolute Gasteiger partial charge is 0.495 e. The normalized spacial score (nSPS) is 10.1. The predicted molar refractivity (Wildman–Crippen MR) is 71.0 cm³/mol. The van der Waals surface area contributed by atoms with Crippen LogP contribution in [0.2, 0.25) is 5.15 Å². The zero-order valence-corrected chi connectivity index (χ0v) is 11.3. The molecular weight excluding hydrogens is 305 g/mol. The lowest BCUT2D eigenvalue weighted by atomic mass is 10.3. The van der Waals surface area contributed by atoms with Gasteiger partial charge in [0.2, 0.25) is 0 Å². The van der Waals surface area contributed by atoms with Crippen molar-refractivity contribution >= 4 is 39.0 Å². The van der Waals surface area contributed by atoms with Crippen molar-refractivity contribution in [1.29, 1.82) is 0 Å². The van der Waals surface area contributed by atoms with Crippen LogP contribution in [-0.2, 0) is 0 Å². The van der Waals surface area contributed by atoms with E-state index < -0.39 is 0 Å². The molecule has 1 aromatic heterocycles. The van der Waals surface area contributed by atoms with Crippen molar-refractivity contribution in [2.45, 2.75) is 0 Å². The highest BCUT2D eigenvalue weighted by atomic mass is 79.9. The minimum Gasteiger partial charge on any atom is -0.495 e. The molecule has 17 heavy (non-hydrogen) atoms. The zero-order chi connectivity index (χ0) is 12.3. The Balaban J connectivity index is 2.32. The molecule has 2 rings (SSSR count). The summed E-state index contributed by atoms with van der Waals surface area (Å²) in [5.74, 6) is 1.34. The molecule has 4 nitrogen and oxygen atoms in total. The van der Waals surface area contributed by atoms with Crippen LogP contribution in [0.3, 0.4) is 0 Å². The van der Waals surface area contributed by atoms with E-state index in [0.717, 1.165) is 15.9 Å². The lowest BCUT2D eigenvalue weighted by molar-refractivity contribution is 0.416. The van der Waals surface area contributed by atoms with Gasteiger partial charge in [0.1, 0.15) is 23.0 Å². The maximum atomic E-state index is 5.78. The third kappa shape index (κ3) is 3.08. The molecule has 0 aliphatic heterocycles. The number of nitrogens with one attached hydrogen (secondary N) is 1. The first-order valence-corrected chi connectivity index (χ1v) is 5.94. The summed E-state index contributed by atoms with van der Waals surface area (Å²) in [6, 6.07) is 7.29. The molecule has 0 aliphatic rings. The predicted octanol–water partition coefficient (Wildman–Crippen LogP) is 3.64. The van der Waals surface area contributed by atoms with Crippen molar-refractivity contribution in [3.05, 3.63) is 40.2 Å². The van der Waals surface area contributed by atoms with Gasteiger partial charge in [0.05, 0.1) is 12.8 Å². The van der Waals surface area contributed by atoms with E-state index in [-0.39, 0.29) is 0 Å². The van der Waals surface area contributed by atoms with Gasteiger partial charge in [0, 0.05) is 10.5 Å². The average molecular weight is 315 g/mol. The summed E-state index contributed by atoms with van der Waals surface area (Å²) in [7, 11) is 1.61. The summed E-state index contributed by atoms with van der Waals surface area (Å²) in [4.78, 5) is 7.88. The van der Waals surface area contributed by atoms with E-state index in [4.69, 9.17) is 16.3 Å². The molecule has 2 aromatic rings.